The Bertz CT molecular complexity index is 743. The summed E-state index contributed by atoms with van der Waals surface area (Å²) in [7, 11) is 0. The van der Waals surface area contributed by atoms with E-state index in [-0.39, 0.29) is 5.91 Å². The number of hydrogen-bond donors (Lipinski definition) is 1. The van der Waals surface area contributed by atoms with Gasteiger partial charge in [0.15, 0.2) is 0 Å². The Morgan fingerprint density at radius 1 is 1.43 bits per heavy atom. The number of fused-ring (bicyclic) bond motifs is 1. The number of aryl methyl sites for hydroxylation is 1. The molecule has 0 aliphatic heterocycles. The van der Waals surface area contributed by atoms with Crippen molar-refractivity contribution >= 4 is 23.1 Å². The number of hydrogen-bond acceptors (Lipinski definition) is 5. The van der Waals surface area contributed by atoms with Gasteiger partial charge in [0.1, 0.15) is 10.5 Å². The third kappa shape index (κ3) is 2.80. The summed E-state index contributed by atoms with van der Waals surface area (Å²) in [6.45, 7) is 3.31. The average molecular weight is 304 g/mol. The Labute approximate surface area is 125 Å². The molecule has 0 atom stereocenters. The molecule has 110 valence electrons. The lowest BCUT2D eigenvalue weighted by Crippen LogP contribution is -2.27. The quantitative estimate of drug-likeness (QED) is 0.746. The van der Waals surface area contributed by atoms with Gasteiger partial charge in [-0.3, -0.25) is 4.79 Å². The van der Waals surface area contributed by atoms with E-state index >= 15 is 0 Å². The number of amides is 1. The molecule has 1 N–H and O–H groups in total. The van der Waals surface area contributed by atoms with Crippen LogP contribution in [0.2, 0.25) is 0 Å². The van der Waals surface area contributed by atoms with Gasteiger partial charge in [-0.2, -0.15) is 5.10 Å². The maximum Gasteiger partial charge on any atom is 0.265 e. The monoisotopic (exact) mass is 304 g/mol. The fraction of sp³-hybridized carbons (Fsp3) is 0.385. The van der Waals surface area contributed by atoms with Crippen LogP contribution >= 0.6 is 11.5 Å². The van der Waals surface area contributed by atoms with Crippen molar-refractivity contribution in [1.29, 1.82) is 0 Å². The van der Waals surface area contributed by atoms with Crippen molar-refractivity contribution in [3.05, 3.63) is 35.2 Å². The number of imidazole rings is 1. The van der Waals surface area contributed by atoms with Crippen molar-refractivity contribution in [1.82, 2.24) is 29.1 Å². The third-order valence-corrected chi connectivity index (χ3v) is 3.99. The van der Waals surface area contributed by atoms with Crippen LogP contribution in [0, 0.1) is 0 Å². The number of nitrogens with zero attached hydrogens (tertiary/aromatic N) is 5. The Hall–Kier alpha value is -2.22. The number of nitrogens with one attached hydrogen (secondary N) is 1. The van der Waals surface area contributed by atoms with Crippen LogP contribution in [0.5, 0.6) is 0 Å². The maximum atomic E-state index is 12.1. The minimum Gasteiger partial charge on any atom is -0.349 e. The van der Waals surface area contributed by atoms with E-state index in [4.69, 9.17) is 0 Å². The van der Waals surface area contributed by atoms with Crippen molar-refractivity contribution < 1.29 is 4.79 Å². The van der Waals surface area contributed by atoms with Gasteiger partial charge < -0.3 is 9.88 Å². The summed E-state index contributed by atoms with van der Waals surface area (Å²) >= 11 is 1.16. The molecule has 0 aliphatic rings. The fourth-order valence-electron chi connectivity index (χ4n) is 2.21. The molecular weight excluding hydrogens is 288 g/mol. The van der Waals surface area contributed by atoms with Crippen LogP contribution < -0.4 is 5.32 Å². The van der Waals surface area contributed by atoms with Crippen LogP contribution in [-0.2, 0) is 13.0 Å². The third-order valence-electron chi connectivity index (χ3n) is 3.22. The van der Waals surface area contributed by atoms with Crippen LogP contribution in [-0.4, -0.2) is 36.2 Å². The first-order valence-electron chi connectivity index (χ1n) is 6.87. The van der Waals surface area contributed by atoms with E-state index < -0.39 is 0 Å². The van der Waals surface area contributed by atoms with E-state index in [1.165, 1.54) is 0 Å². The molecule has 0 bridgehead atoms. The predicted octanol–water partition coefficient (Wildman–Crippen LogP) is 1.37. The first-order valence-corrected chi connectivity index (χ1v) is 7.65. The van der Waals surface area contributed by atoms with Gasteiger partial charge >= 0.3 is 0 Å². The summed E-state index contributed by atoms with van der Waals surface area (Å²) in [5, 5.41) is 11.1. The van der Waals surface area contributed by atoms with E-state index in [9.17, 15) is 4.79 Å². The summed E-state index contributed by atoms with van der Waals surface area (Å²) in [6, 6.07) is 1.94. The highest BCUT2D eigenvalue weighted by atomic mass is 32.1. The van der Waals surface area contributed by atoms with Crippen LogP contribution in [0.4, 0.5) is 0 Å². The molecule has 0 unspecified atom stereocenters. The zero-order chi connectivity index (χ0) is 14.7. The Balaban J connectivity index is 1.59. The number of aromatic nitrogens is 5. The fourth-order valence-corrected chi connectivity index (χ4v) is 2.83. The van der Waals surface area contributed by atoms with Crippen LogP contribution in [0.15, 0.2) is 24.7 Å². The highest BCUT2D eigenvalue weighted by Gasteiger charge is 2.15. The number of carbonyl (C=O) groups is 1. The summed E-state index contributed by atoms with van der Waals surface area (Å²) in [6.07, 6.45) is 7.33. The van der Waals surface area contributed by atoms with Gasteiger partial charge in [-0.1, -0.05) is 17.8 Å². The molecule has 0 fully saturated rings. The molecule has 3 rings (SSSR count). The smallest absolute Gasteiger partial charge is 0.265 e. The molecule has 21 heavy (non-hydrogen) atoms. The molecule has 3 heterocycles. The lowest BCUT2D eigenvalue weighted by molar-refractivity contribution is 0.0955. The molecule has 1 amide bonds. The molecule has 0 radical (unpaired) electrons. The average Bonchev–Trinajstić information content (AvgIpc) is 3.16. The summed E-state index contributed by atoms with van der Waals surface area (Å²) in [4.78, 5) is 12.8. The van der Waals surface area contributed by atoms with Gasteiger partial charge in [0, 0.05) is 31.5 Å². The van der Waals surface area contributed by atoms with Gasteiger partial charge in [-0.15, -0.1) is 5.10 Å². The molecule has 3 aromatic rings. The lowest BCUT2D eigenvalue weighted by atomic mass is 10.2. The zero-order valence-corrected chi connectivity index (χ0v) is 12.5. The predicted molar refractivity (Wildman–Crippen MR) is 79.4 cm³/mol. The first-order chi connectivity index (χ1) is 10.3. The van der Waals surface area contributed by atoms with E-state index in [0.717, 1.165) is 35.7 Å². The van der Waals surface area contributed by atoms with Crippen molar-refractivity contribution in [2.45, 2.75) is 26.3 Å². The van der Waals surface area contributed by atoms with Gasteiger partial charge in [-0.05, 0) is 18.0 Å². The van der Waals surface area contributed by atoms with Gasteiger partial charge in [0.05, 0.1) is 11.9 Å². The van der Waals surface area contributed by atoms with Crippen molar-refractivity contribution in [2.24, 2.45) is 0 Å². The topological polar surface area (TPSA) is 77.1 Å². The number of rotatable bonds is 6. The maximum absolute atomic E-state index is 12.1. The second-order valence-corrected chi connectivity index (χ2v) is 5.43. The van der Waals surface area contributed by atoms with E-state index in [2.05, 4.69) is 26.9 Å². The minimum absolute atomic E-state index is 0.0925. The summed E-state index contributed by atoms with van der Waals surface area (Å²) < 4.78 is 7.71. The van der Waals surface area contributed by atoms with Gasteiger partial charge in [0.25, 0.3) is 5.91 Å². The highest BCUT2D eigenvalue weighted by molar-refractivity contribution is 7.08. The van der Waals surface area contributed by atoms with Crippen LogP contribution in [0.1, 0.15) is 28.7 Å². The standard InChI is InChI=1S/C13H16N6OS/c1-2-3-10-12(21-17-16-10)13(20)14-6-7-18-8-9-19-11(18)4-5-15-19/h4-5,8-9H,2-3,6-7H2,1H3,(H,14,20). The minimum atomic E-state index is -0.0925. The molecular formula is C13H16N6OS. The Morgan fingerprint density at radius 2 is 2.33 bits per heavy atom. The molecule has 0 saturated heterocycles. The first kappa shape index (κ1) is 13.7. The summed E-state index contributed by atoms with van der Waals surface area (Å²) in [5.74, 6) is -0.0925. The second-order valence-electron chi connectivity index (χ2n) is 4.68. The van der Waals surface area contributed by atoms with E-state index in [1.807, 2.05) is 23.0 Å². The molecule has 0 aromatic carbocycles. The molecule has 8 heteroatoms. The Kier molecular flexibility index (Phi) is 3.96. The molecule has 7 nitrogen and oxygen atoms in total. The largest absolute Gasteiger partial charge is 0.349 e. The molecule has 0 saturated carbocycles. The van der Waals surface area contributed by atoms with Crippen molar-refractivity contribution in [3.63, 3.8) is 0 Å². The normalized spacial score (nSPS) is 11.1. The van der Waals surface area contributed by atoms with Crippen molar-refractivity contribution in [3.8, 4) is 0 Å². The number of carbonyl (C=O) groups excluding carboxylic acids is 1. The van der Waals surface area contributed by atoms with E-state index in [0.29, 0.717) is 18.0 Å². The highest BCUT2D eigenvalue weighted by Crippen LogP contribution is 2.12. The van der Waals surface area contributed by atoms with E-state index in [1.54, 1.807) is 10.7 Å². The van der Waals surface area contributed by atoms with Crippen LogP contribution in [0.25, 0.3) is 5.65 Å². The van der Waals surface area contributed by atoms with Gasteiger partial charge in [0.2, 0.25) is 0 Å². The zero-order valence-electron chi connectivity index (χ0n) is 11.7. The lowest BCUT2D eigenvalue weighted by Gasteiger charge is -2.06. The molecule has 3 aromatic heterocycles. The van der Waals surface area contributed by atoms with Crippen LogP contribution in [0.3, 0.4) is 0 Å². The summed E-state index contributed by atoms with van der Waals surface area (Å²) in [5.41, 5.74) is 1.80. The molecule has 0 spiro atoms. The second kappa shape index (κ2) is 6.04. The van der Waals surface area contributed by atoms with Gasteiger partial charge in [-0.25, -0.2) is 4.52 Å². The SMILES string of the molecule is CCCc1nnsc1C(=O)NCCn1ccn2nccc12. The molecule has 0 aliphatic carbocycles. The van der Waals surface area contributed by atoms with Crippen molar-refractivity contribution in [2.75, 3.05) is 6.54 Å². The Morgan fingerprint density at radius 3 is 3.19 bits per heavy atom.